The molecule has 1 aromatic rings. The van der Waals surface area contributed by atoms with Gasteiger partial charge in [-0.25, -0.2) is 4.79 Å². The minimum Gasteiger partial charge on any atom is -0.506 e. The largest absolute Gasteiger partial charge is 0.506 e. The zero-order chi connectivity index (χ0) is 27.4. The van der Waals surface area contributed by atoms with Crippen molar-refractivity contribution >= 4 is 17.6 Å². The van der Waals surface area contributed by atoms with Crippen molar-refractivity contribution in [3.63, 3.8) is 0 Å². The van der Waals surface area contributed by atoms with E-state index in [1.807, 2.05) is 0 Å². The third-order valence-electron chi connectivity index (χ3n) is 10.5. The van der Waals surface area contributed by atoms with E-state index in [0.29, 0.717) is 29.1 Å². The van der Waals surface area contributed by atoms with E-state index in [9.17, 15) is 24.9 Å². The average Bonchev–Trinajstić information content (AvgIpc) is 2.86. The summed E-state index contributed by atoms with van der Waals surface area (Å²) in [6, 6.07) is 2.27. The summed E-state index contributed by atoms with van der Waals surface area (Å²) < 4.78 is 0. The number of allylic oxidation sites excluding steroid dienone is 2. The lowest BCUT2D eigenvalue weighted by molar-refractivity contribution is -0.116. The normalized spacial score (nSPS) is 28.0. The van der Waals surface area contributed by atoms with Crippen molar-refractivity contribution in [2.24, 2.45) is 34.5 Å². The number of hydrogen-bond acceptors (Lipinski definition) is 5. The Hall–Kier alpha value is -2.80. The minimum atomic E-state index is -1.33. The van der Waals surface area contributed by atoms with Crippen LogP contribution >= 0.6 is 0 Å². The number of hydrogen-bond donors (Lipinski definition) is 4. The van der Waals surface area contributed by atoms with Gasteiger partial charge in [-0.15, -0.1) is 0 Å². The van der Waals surface area contributed by atoms with E-state index in [1.165, 1.54) is 12.8 Å². The SMILES string of the molecule is CC1(C)[C@H]2CC=C(CN(CCCC(=O)Nc3c(O)ccc(C(=O)O)c3O)CC3=CC[C@H]4C[C@@H]3C4(C)C)[C@@H]1C2. The van der Waals surface area contributed by atoms with Gasteiger partial charge < -0.3 is 20.6 Å². The van der Waals surface area contributed by atoms with Crippen LogP contribution in [0.25, 0.3) is 0 Å². The fraction of sp³-hybridized carbons (Fsp3) is 0.613. The molecular weight excluding hydrogens is 480 g/mol. The smallest absolute Gasteiger partial charge is 0.339 e. The second kappa shape index (κ2) is 9.74. The van der Waals surface area contributed by atoms with Gasteiger partial charge in [-0.05, 0) is 85.3 Å². The summed E-state index contributed by atoms with van der Waals surface area (Å²) in [4.78, 5) is 26.5. The molecule has 38 heavy (non-hydrogen) atoms. The van der Waals surface area contributed by atoms with Crippen molar-refractivity contribution in [3.05, 3.63) is 41.0 Å². The van der Waals surface area contributed by atoms with Crippen LogP contribution in [0.1, 0.15) is 76.6 Å². The molecule has 4 atom stereocenters. The van der Waals surface area contributed by atoms with Gasteiger partial charge in [0.2, 0.25) is 5.91 Å². The zero-order valence-electron chi connectivity index (χ0n) is 23.1. The second-order valence-electron chi connectivity index (χ2n) is 13.2. The molecule has 7 nitrogen and oxygen atoms in total. The van der Waals surface area contributed by atoms with Crippen LogP contribution in [0.5, 0.6) is 11.5 Å². The lowest BCUT2D eigenvalue weighted by Gasteiger charge is -2.58. The number of benzene rings is 1. The number of carboxylic acids is 1. The number of phenolic OH excluding ortho intramolecular Hbond substituents is 1. The molecule has 206 valence electrons. The molecular formula is C31H42N2O5. The number of nitrogens with one attached hydrogen (secondary N) is 1. The Bertz CT molecular complexity index is 1150. The highest BCUT2D eigenvalue weighted by molar-refractivity contribution is 5.99. The van der Waals surface area contributed by atoms with Gasteiger partial charge in [0, 0.05) is 19.5 Å². The number of fused-ring (bicyclic) bond motifs is 2. The summed E-state index contributed by atoms with van der Waals surface area (Å²) in [7, 11) is 0. The molecule has 0 aliphatic heterocycles. The van der Waals surface area contributed by atoms with Gasteiger partial charge >= 0.3 is 5.97 Å². The summed E-state index contributed by atoms with van der Waals surface area (Å²) in [6.45, 7) is 12.2. The fourth-order valence-corrected chi connectivity index (χ4v) is 7.58. The Labute approximate surface area is 225 Å². The molecule has 6 aliphatic carbocycles. The highest BCUT2D eigenvalue weighted by atomic mass is 16.4. The predicted molar refractivity (Wildman–Crippen MR) is 147 cm³/mol. The molecule has 0 unspecified atom stereocenters. The maximum absolute atomic E-state index is 12.7. The number of carbonyl (C=O) groups excluding carboxylic acids is 1. The van der Waals surface area contributed by atoms with Gasteiger partial charge in [0.05, 0.1) is 0 Å². The van der Waals surface area contributed by atoms with Crippen LogP contribution in [-0.4, -0.2) is 51.7 Å². The Morgan fingerprint density at radius 3 is 1.97 bits per heavy atom. The fourth-order valence-electron chi connectivity index (χ4n) is 7.58. The standard InChI is InChI=1S/C31H42N2O5/c1-30(2)20-9-7-18(23(30)14-20)16-33(17-19-8-10-21-15-24(19)31(21,3)4)13-5-6-26(35)32-27-25(34)12-11-22(28(27)36)29(37)38/h7-8,11-12,20-21,23-24,34,36H,5-6,9-10,13-17H2,1-4H3,(H,32,35)(H,37,38)/t20-,21-,23-,24-/m0/s1. The summed E-state index contributed by atoms with van der Waals surface area (Å²) in [5, 5.41) is 32.1. The number of phenols is 2. The molecule has 2 saturated carbocycles. The lowest BCUT2D eigenvalue weighted by Crippen LogP contribution is -2.51. The number of anilines is 1. The van der Waals surface area contributed by atoms with Gasteiger partial charge in [0.25, 0.3) is 0 Å². The molecule has 7 rings (SSSR count). The maximum atomic E-state index is 12.7. The Morgan fingerprint density at radius 1 is 0.947 bits per heavy atom. The molecule has 6 aliphatic rings. The highest BCUT2D eigenvalue weighted by Gasteiger charge is 2.52. The number of carbonyl (C=O) groups is 2. The lowest BCUT2D eigenvalue weighted by atomic mass is 9.48. The first-order chi connectivity index (χ1) is 17.9. The van der Waals surface area contributed by atoms with Gasteiger partial charge in [-0.2, -0.15) is 0 Å². The summed E-state index contributed by atoms with van der Waals surface area (Å²) in [5.41, 5.74) is 3.21. The number of rotatable bonds is 10. The maximum Gasteiger partial charge on any atom is 0.339 e. The molecule has 0 spiro atoms. The minimum absolute atomic E-state index is 0.207. The van der Waals surface area contributed by atoms with Crippen LogP contribution in [-0.2, 0) is 4.79 Å². The number of nitrogens with zero attached hydrogens (tertiary/aromatic N) is 1. The molecule has 4 bridgehead atoms. The average molecular weight is 523 g/mol. The summed E-state index contributed by atoms with van der Waals surface area (Å²) in [5.74, 6) is 0.197. The van der Waals surface area contributed by atoms with E-state index in [0.717, 1.165) is 56.4 Å². The molecule has 1 amide bonds. The Balaban J connectivity index is 1.24. The van der Waals surface area contributed by atoms with E-state index < -0.39 is 11.7 Å². The second-order valence-corrected chi connectivity index (χ2v) is 13.2. The summed E-state index contributed by atoms with van der Waals surface area (Å²) >= 11 is 0. The van der Waals surface area contributed by atoms with Crippen molar-refractivity contribution in [2.45, 2.75) is 66.2 Å². The first-order valence-corrected chi connectivity index (χ1v) is 14.1. The monoisotopic (exact) mass is 522 g/mol. The van der Waals surface area contributed by atoms with Crippen molar-refractivity contribution in [3.8, 4) is 11.5 Å². The van der Waals surface area contributed by atoms with Crippen LogP contribution < -0.4 is 5.32 Å². The van der Waals surface area contributed by atoms with E-state index in [1.54, 1.807) is 11.1 Å². The van der Waals surface area contributed by atoms with Gasteiger partial charge in [0.1, 0.15) is 17.0 Å². The van der Waals surface area contributed by atoms with Crippen LogP contribution in [0.3, 0.4) is 0 Å². The van der Waals surface area contributed by atoms with Crippen LogP contribution in [0.4, 0.5) is 5.69 Å². The summed E-state index contributed by atoms with van der Waals surface area (Å²) in [6.07, 6.45) is 10.7. The van der Waals surface area contributed by atoms with Crippen LogP contribution in [0, 0.1) is 34.5 Å². The zero-order valence-corrected chi connectivity index (χ0v) is 23.1. The molecule has 1 aromatic carbocycles. The van der Waals surface area contributed by atoms with Crippen LogP contribution in [0.15, 0.2) is 35.4 Å². The number of carboxylic acid groups (broad SMARTS) is 1. The first kappa shape index (κ1) is 26.8. The molecule has 0 aromatic heterocycles. The molecule has 0 radical (unpaired) electrons. The quantitative estimate of drug-likeness (QED) is 0.228. The van der Waals surface area contributed by atoms with E-state index in [2.05, 4.69) is 50.1 Å². The van der Waals surface area contributed by atoms with Crippen molar-refractivity contribution < 1.29 is 24.9 Å². The molecule has 2 fully saturated rings. The van der Waals surface area contributed by atoms with Gasteiger partial charge in [0.15, 0.2) is 5.75 Å². The first-order valence-electron chi connectivity index (χ1n) is 14.1. The van der Waals surface area contributed by atoms with Crippen molar-refractivity contribution in [2.75, 3.05) is 25.0 Å². The third kappa shape index (κ3) is 4.63. The Morgan fingerprint density at radius 2 is 1.50 bits per heavy atom. The van der Waals surface area contributed by atoms with E-state index in [-0.39, 0.29) is 29.3 Å². The van der Waals surface area contributed by atoms with E-state index >= 15 is 0 Å². The van der Waals surface area contributed by atoms with Crippen LogP contribution in [0.2, 0.25) is 0 Å². The topological polar surface area (TPSA) is 110 Å². The third-order valence-corrected chi connectivity index (χ3v) is 10.5. The number of aromatic hydroxyl groups is 2. The van der Waals surface area contributed by atoms with E-state index in [4.69, 9.17) is 0 Å². The van der Waals surface area contributed by atoms with Crippen molar-refractivity contribution in [1.29, 1.82) is 0 Å². The highest BCUT2D eigenvalue weighted by Crippen LogP contribution is 2.60. The van der Waals surface area contributed by atoms with Crippen molar-refractivity contribution in [1.82, 2.24) is 4.90 Å². The molecule has 0 heterocycles. The number of amides is 1. The molecule has 0 saturated heterocycles. The predicted octanol–water partition coefficient (Wildman–Crippen LogP) is 5.80. The molecule has 7 heteroatoms. The number of aromatic carboxylic acids is 1. The Kier molecular flexibility index (Phi) is 6.87. The van der Waals surface area contributed by atoms with Gasteiger partial charge in [-0.3, -0.25) is 9.69 Å². The molecule has 4 N–H and O–H groups in total. The van der Waals surface area contributed by atoms with Gasteiger partial charge in [-0.1, -0.05) is 51.0 Å².